The fourth-order valence-electron chi connectivity index (χ4n) is 4.39. The second kappa shape index (κ2) is 12.1. The van der Waals surface area contributed by atoms with E-state index in [0.29, 0.717) is 5.82 Å². The van der Waals surface area contributed by atoms with Gasteiger partial charge in [0.2, 0.25) is 0 Å². The van der Waals surface area contributed by atoms with Crippen molar-refractivity contribution >= 4 is 22.8 Å². The van der Waals surface area contributed by atoms with Gasteiger partial charge >= 0.3 is 12.1 Å². The largest absolute Gasteiger partial charge is 0.490 e. The molecular formula is C27H27F4N5O3. The molecule has 4 aromatic rings. The number of aromatic nitrogens is 3. The molecule has 1 fully saturated rings. The Kier molecular flexibility index (Phi) is 8.65. The van der Waals surface area contributed by atoms with E-state index >= 15 is 0 Å². The first-order valence-electron chi connectivity index (χ1n) is 12.3. The van der Waals surface area contributed by atoms with Crippen molar-refractivity contribution in [3.8, 4) is 11.3 Å². The molecule has 0 atom stereocenters. The van der Waals surface area contributed by atoms with Crippen LogP contribution in [-0.4, -0.2) is 68.7 Å². The number of carboxylic acids is 1. The van der Waals surface area contributed by atoms with E-state index in [1.165, 1.54) is 6.07 Å². The second-order valence-corrected chi connectivity index (χ2v) is 9.16. The van der Waals surface area contributed by atoms with Crippen LogP contribution in [0.1, 0.15) is 29.0 Å². The number of carbonyl (C=O) groups is 2. The standard InChI is InChI=1S/C25H26FN5O.C2HF3O2/c26-19-6-7-22-21(14-19)18(15-27-22)8-11-31-12-9-20(10-13-31)29-25(32)24-28-16-23(30-24)17-4-2-1-3-5-17;3-2(4,5)1(6)7/h1-7,14-16,20,27H,8-13H2,(H,28,30)(H,29,32);(H,6,7). The lowest BCUT2D eigenvalue weighted by atomic mass is 10.0. The van der Waals surface area contributed by atoms with E-state index in [-0.39, 0.29) is 17.8 Å². The Balaban J connectivity index is 0.000000448. The highest BCUT2D eigenvalue weighted by Crippen LogP contribution is 2.21. The number of hydrogen-bond acceptors (Lipinski definition) is 4. The van der Waals surface area contributed by atoms with Crippen molar-refractivity contribution < 1.29 is 32.3 Å². The minimum Gasteiger partial charge on any atom is -0.475 e. The predicted octanol–water partition coefficient (Wildman–Crippen LogP) is 4.77. The molecule has 0 bridgehead atoms. The van der Waals surface area contributed by atoms with Gasteiger partial charge in [0.05, 0.1) is 11.9 Å². The van der Waals surface area contributed by atoms with Crippen molar-refractivity contribution in [2.24, 2.45) is 0 Å². The number of H-pyrrole nitrogens is 2. The predicted molar refractivity (Wildman–Crippen MR) is 137 cm³/mol. The summed E-state index contributed by atoms with van der Waals surface area (Å²) < 4.78 is 45.3. The molecule has 0 aliphatic carbocycles. The third kappa shape index (κ3) is 7.44. The molecule has 1 amide bonds. The zero-order chi connectivity index (χ0) is 28.0. The Morgan fingerprint density at radius 3 is 2.46 bits per heavy atom. The van der Waals surface area contributed by atoms with E-state index < -0.39 is 12.1 Å². The summed E-state index contributed by atoms with van der Waals surface area (Å²) >= 11 is 0. The third-order valence-electron chi connectivity index (χ3n) is 6.47. The molecule has 2 aromatic carbocycles. The highest BCUT2D eigenvalue weighted by atomic mass is 19.4. The molecule has 0 unspecified atom stereocenters. The summed E-state index contributed by atoms with van der Waals surface area (Å²) in [4.78, 5) is 34.5. The molecule has 5 rings (SSSR count). The van der Waals surface area contributed by atoms with Gasteiger partial charge in [0.15, 0.2) is 5.82 Å². The second-order valence-electron chi connectivity index (χ2n) is 9.16. The first-order valence-corrected chi connectivity index (χ1v) is 12.3. The SMILES string of the molecule is O=C(NC1CCN(CCc2c[nH]c3ccc(F)cc23)CC1)c1ncc(-c2ccccc2)[nH]1.O=C(O)C(F)(F)F. The van der Waals surface area contributed by atoms with Crippen LogP contribution in [0.25, 0.3) is 22.2 Å². The van der Waals surface area contributed by atoms with Gasteiger partial charge in [0.1, 0.15) is 5.82 Å². The summed E-state index contributed by atoms with van der Waals surface area (Å²) in [5, 5.41) is 11.2. The molecule has 0 spiro atoms. The molecule has 206 valence electrons. The van der Waals surface area contributed by atoms with Crippen LogP contribution in [0.2, 0.25) is 0 Å². The van der Waals surface area contributed by atoms with Crippen molar-refractivity contribution in [1.82, 2.24) is 25.2 Å². The average molecular weight is 546 g/mol. The quantitative estimate of drug-likeness (QED) is 0.261. The summed E-state index contributed by atoms with van der Waals surface area (Å²) in [6, 6.07) is 14.8. The zero-order valence-electron chi connectivity index (χ0n) is 20.8. The number of likely N-dealkylation sites (tertiary alicyclic amines) is 1. The Hall–Kier alpha value is -4.19. The van der Waals surface area contributed by atoms with Crippen LogP contribution < -0.4 is 5.32 Å². The number of aromatic amines is 2. The average Bonchev–Trinajstić information content (AvgIpc) is 3.56. The maximum atomic E-state index is 13.6. The normalized spacial score (nSPS) is 14.6. The summed E-state index contributed by atoms with van der Waals surface area (Å²) in [6.07, 6.45) is 1.27. The van der Waals surface area contributed by atoms with Crippen LogP contribution in [0.5, 0.6) is 0 Å². The fraction of sp³-hybridized carbons (Fsp3) is 0.296. The molecule has 12 heteroatoms. The molecule has 2 aromatic heterocycles. The van der Waals surface area contributed by atoms with E-state index in [1.807, 2.05) is 36.5 Å². The Bertz CT molecular complexity index is 1410. The van der Waals surface area contributed by atoms with Crippen LogP contribution in [-0.2, 0) is 11.2 Å². The Morgan fingerprint density at radius 1 is 1.10 bits per heavy atom. The Labute approximate surface area is 221 Å². The number of halogens is 4. The molecular weight excluding hydrogens is 518 g/mol. The summed E-state index contributed by atoms with van der Waals surface area (Å²) in [5.74, 6) is -2.78. The van der Waals surface area contributed by atoms with Gasteiger partial charge in [-0.15, -0.1) is 0 Å². The highest BCUT2D eigenvalue weighted by molar-refractivity contribution is 5.91. The number of amides is 1. The van der Waals surface area contributed by atoms with Gasteiger partial charge in [0.25, 0.3) is 5.91 Å². The van der Waals surface area contributed by atoms with Gasteiger partial charge in [-0.25, -0.2) is 14.2 Å². The Morgan fingerprint density at radius 2 is 1.79 bits per heavy atom. The van der Waals surface area contributed by atoms with E-state index in [2.05, 4.69) is 25.2 Å². The topological polar surface area (TPSA) is 114 Å². The van der Waals surface area contributed by atoms with Crippen molar-refractivity contribution in [2.75, 3.05) is 19.6 Å². The first kappa shape index (κ1) is 27.8. The maximum Gasteiger partial charge on any atom is 0.490 e. The van der Waals surface area contributed by atoms with E-state index in [1.54, 1.807) is 18.3 Å². The number of piperidine rings is 1. The molecule has 4 N–H and O–H groups in total. The van der Waals surface area contributed by atoms with Crippen LogP contribution in [0.3, 0.4) is 0 Å². The van der Waals surface area contributed by atoms with Crippen molar-refractivity contribution in [2.45, 2.75) is 31.5 Å². The summed E-state index contributed by atoms with van der Waals surface area (Å²) in [6.45, 7) is 2.77. The number of imidazole rings is 1. The molecule has 0 radical (unpaired) electrons. The minimum absolute atomic E-state index is 0.145. The zero-order valence-corrected chi connectivity index (χ0v) is 20.8. The number of nitrogens with one attached hydrogen (secondary N) is 3. The van der Waals surface area contributed by atoms with Gasteiger partial charge in [0, 0.05) is 42.8 Å². The van der Waals surface area contributed by atoms with Gasteiger partial charge in [-0.05, 0) is 48.6 Å². The van der Waals surface area contributed by atoms with E-state index in [9.17, 15) is 22.4 Å². The lowest BCUT2D eigenvalue weighted by molar-refractivity contribution is -0.192. The van der Waals surface area contributed by atoms with Gasteiger partial charge in [-0.1, -0.05) is 30.3 Å². The number of rotatable bonds is 6. The molecule has 8 nitrogen and oxygen atoms in total. The van der Waals surface area contributed by atoms with Gasteiger partial charge < -0.3 is 25.3 Å². The molecule has 39 heavy (non-hydrogen) atoms. The van der Waals surface area contributed by atoms with E-state index in [0.717, 1.165) is 66.6 Å². The third-order valence-corrected chi connectivity index (χ3v) is 6.47. The number of aliphatic carboxylic acids is 1. The van der Waals surface area contributed by atoms with Crippen molar-refractivity contribution in [3.63, 3.8) is 0 Å². The van der Waals surface area contributed by atoms with Crippen LogP contribution >= 0.6 is 0 Å². The number of nitrogens with zero attached hydrogens (tertiary/aromatic N) is 2. The molecule has 1 aliphatic heterocycles. The number of benzene rings is 2. The lowest BCUT2D eigenvalue weighted by Crippen LogP contribution is -2.45. The van der Waals surface area contributed by atoms with Crippen LogP contribution in [0.15, 0.2) is 60.9 Å². The number of hydrogen-bond donors (Lipinski definition) is 4. The molecule has 1 saturated heterocycles. The molecule has 1 aliphatic rings. The van der Waals surface area contributed by atoms with Crippen LogP contribution in [0, 0.1) is 5.82 Å². The fourth-order valence-corrected chi connectivity index (χ4v) is 4.39. The summed E-state index contributed by atoms with van der Waals surface area (Å²) in [7, 11) is 0. The van der Waals surface area contributed by atoms with Crippen molar-refractivity contribution in [3.05, 3.63) is 78.1 Å². The molecule has 0 saturated carbocycles. The maximum absolute atomic E-state index is 13.6. The van der Waals surface area contributed by atoms with Crippen LogP contribution in [0.4, 0.5) is 17.6 Å². The van der Waals surface area contributed by atoms with E-state index in [4.69, 9.17) is 9.90 Å². The number of alkyl halides is 3. The van der Waals surface area contributed by atoms with Gasteiger partial charge in [-0.2, -0.15) is 13.2 Å². The number of carbonyl (C=O) groups excluding carboxylic acids is 1. The highest BCUT2D eigenvalue weighted by Gasteiger charge is 2.38. The number of fused-ring (bicyclic) bond motifs is 1. The summed E-state index contributed by atoms with van der Waals surface area (Å²) in [5.41, 5.74) is 3.95. The number of carboxylic acid groups (broad SMARTS) is 1. The minimum atomic E-state index is -5.08. The smallest absolute Gasteiger partial charge is 0.475 e. The van der Waals surface area contributed by atoms with Gasteiger partial charge in [-0.3, -0.25) is 4.79 Å². The molecule has 3 heterocycles. The van der Waals surface area contributed by atoms with Crippen molar-refractivity contribution in [1.29, 1.82) is 0 Å². The monoisotopic (exact) mass is 545 g/mol. The first-order chi connectivity index (χ1) is 18.6. The lowest BCUT2D eigenvalue weighted by Gasteiger charge is -2.32.